The van der Waals surface area contributed by atoms with E-state index in [2.05, 4.69) is 10.3 Å². The van der Waals surface area contributed by atoms with Crippen molar-refractivity contribution in [3.63, 3.8) is 0 Å². The van der Waals surface area contributed by atoms with E-state index in [9.17, 15) is 18.3 Å². The average molecular weight is 421 g/mol. The molecule has 0 radical (unpaired) electrons. The summed E-state index contributed by atoms with van der Waals surface area (Å²) in [4.78, 5) is 17.0. The highest BCUT2D eigenvalue weighted by Gasteiger charge is 2.16. The first-order valence-corrected chi connectivity index (χ1v) is 10.9. The van der Waals surface area contributed by atoms with Crippen LogP contribution in [0.4, 0.5) is 5.69 Å². The normalized spacial score (nSPS) is 11.5. The Balaban J connectivity index is 1.59. The topological polar surface area (TPSA) is 101 Å². The molecule has 3 aromatic carbocycles. The second-order valence-corrected chi connectivity index (χ2v) is 8.96. The van der Waals surface area contributed by atoms with Crippen LogP contribution in [0.5, 0.6) is 5.75 Å². The van der Waals surface area contributed by atoms with Crippen molar-refractivity contribution in [1.82, 2.24) is 9.55 Å². The Kier molecular flexibility index (Phi) is 5.01. The quantitative estimate of drug-likeness (QED) is 0.478. The lowest BCUT2D eigenvalue weighted by atomic mass is 10.1. The van der Waals surface area contributed by atoms with Gasteiger partial charge in [-0.15, -0.1) is 0 Å². The third-order valence-electron chi connectivity index (χ3n) is 4.82. The number of phenols is 1. The van der Waals surface area contributed by atoms with E-state index in [0.29, 0.717) is 5.56 Å². The first-order valence-electron chi connectivity index (χ1n) is 9.28. The molecule has 0 fully saturated rings. The van der Waals surface area contributed by atoms with Gasteiger partial charge in [0, 0.05) is 11.3 Å². The predicted octanol–water partition coefficient (Wildman–Crippen LogP) is 3.78. The number of anilines is 1. The van der Waals surface area contributed by atoms with Crippen molar-refractivity contribution in [1.29, 1.82) is 0 Å². The van der Waals surface area contributed by atoms with Gasteiger partial charge in [-0.05, 0) is 54.6 Å². The largest absolute Gasteiger partial charge is 0.506 e. The third-order valence-corrected chi connectivity index (χ3v) is 6.55. The Morgan fingerprint density at radius 1 is 1.07 bits per heavy atom. The molecule has 0 spiro atoms. The number of carbonyl (C=O) groups excluding carboxylic acids is 1. The van der Waals surface area contributed by atoms with Gasteiger partial charge >= 0.3 is 0 Å². The number of fused-ring (bicyclic) bond motifs is 1. The minimum Gasteiger partial charge on any atom is -0.506 e. The summed E-state index contributed by atoms with van der Waals surface area (Å²) >= 11 is 0. The Labute approximate surface area is 173 Å². The number of aromatic nitrogens is 2. The molecule has 1 heterocycles. The number of amides is 1. The number of carbonyl (C=O) groups is 1. The lowest BCUT2D eigenvalue weighted by Gasteiger charge is -2.10. The van der Waals surface area contributed by atoms with E-state index in [4.69, 9.17) is 0 Å². The van der Waals surface area contributed by atoms with E-state index in [0.717, 1.165) is 16.7 Å². The zero-order chi connectivity index (χ0) is 21.3. The van der Waals surface area contributed by atoms with E-state index in [-0.39, 0.29) is 22.1 Å². The van der Waals surface area contributed by atoms with Gasteiger partial charge in [-0.1, -0.05) is 19.1 Å². The molecule has 7 nitrogen and oxygen atoms in total. The molecule has 152 valence electrons. The molecule has 30 heavy (non-hydrogen) atoms. The molecule has 4 aromatic rings. The summed E-state index contributed by atoms with van der Waals surface area (Å²) in [6.45, 7) is 1.53. The fourth-order valence-corrected chi connectivity index (χ4v) is 4.01. The fraction of sp³-hybridized carbons (Fsp3) is 0.0909. The summed E-state index contributed by atoms with van der Waals surface area (Å²) < 4.78 is 26.0. The molecule has 0 aliphatic carbocycles. The Bertz CT molecular complexity index is 1340. The van der Waals surface area contributed by atoms with Gasteiger partial charge in [-0.25, -0.2) is 13.4 Å². The second-order valence-electron chi connectivity index (χ2n) is 6.69. The summed E-state index contributed by atoms with van der Waals surface area (Å²) in [5.41, 5.74) is 3.08. The smallest absolute Gasteiger partial charge is 0.255 e. The minimum absolute atomic E-state index is 0.0409. The van der Waals surface area contributed by atoms with Crippen LogP contribution in [0.3, 0.4) is 0 Å². The Hall–Kier alpha value is -3.65. The number of rotatable bonds is 5. The minimum atomic E-state index is -3.46. The van der Waals surface area contributed by atoms with Crippen LogP contribution in [0.15, 0.2) is 78.0 Å². The van der Waals surface area contributed by atoms with Crippen molar-refractivity contribution in [2.24, 2.45) is 0 Å². The van der Waals surface area contributed by atoms with Gasteiger partial charge in [0.15, 0.2) is 9.84 Å². The molecular formula is C22H19N3O4S. The molecule has 0 bridgehead atoms. The number of sulfone groups is 1. The highest BCUT2D eigenvalue weighted by atomic mass is 32.2. The number of para-hydroxylation sites is 2. The number of imidazole rings is 1. The number of hydrogen-bond donors (Lipinski definition) is 2. The first kappa shape index (κ1) is 19.7. The van der Waals surface area contributed by atoms with Crippen molar-refractivity contribution in [3.05, 3.63) is 78.6 Å². The number of aromatic hydroxyl groups is 1. The lowest BCUT2D eigenvalue weighted by Crippen LogP contribution is -2.13. The summed E-state index contributed by atoms with van der Waals surface area (Å²) in [5.74, 6) is -0.742. The summed E-state index contributed by atoms with van der Waals surface area (Å²) in [6.07, 6.45) is 1.72. The van der Waals surface area contributed by atoms with Gasteiger partial charge in [0.1, 0.15) is 12.1 Å². The molecule has 0 saturated heterocycles. The van der Waals surface area contributed by atoms with Crippen molar-refractivity contribution >= 4 is 32.5 Å². The summed E-state index contributed by atoms with van der Waals surface area (Å²) in [6, 6.07) is 18.5. The van der Waals surface area contributed by atoms with Gasteiger partial charge in [-0.2, -0.15) is 0 Å². The van der Waals surface area contributed by atoms with Gasteiger partial charge < -0.3 is 10.4 Å². The van der Waals surface area contributed by atoms with Crippen LogP contribution in [0.25, 0.3) is 16.7 Å². The molecular weight excluding hydrogens is 402 g/mol. The van der Waals surface area contributed by atoms with Crippen molar-refractivity contribution in [3.8, 4) is 11.4 Å². The number of hydrogen-bond acceptors (Lipinski definition) is 5. The second kappa shape index (κ2) is 7.64. The predicted molar refractivity (Wildman–Crippen MR) is 115 cm³/mol. The average Bonchev–Trinajstić information content (AvgIpc) is 3.19. The highest BCUT2D eigenvalue weighted by molar-refractivity contribution is 7.91. The van der Waals surface area contributed by atoms with Crippen molar-refractivity contribution in [2.45, 2.75) is 11.8 Å². The third kappa shape index (κ3) is 3.65. The van der Waals surface area contributed by atoms with E-state index >= 15 is 0 Å². The molecule has 0 saturated carbocycles. The zero-order valence-corrected chi connectivity index (χ0v) is 16.9. The SMILES string of the molecule is CCS(=O)(=O)c1ccc(O)c(NC(=O)c2ccc(-n3cnc4ccccc43)cc2)c1. The number of benzene rings is 3. The summed E-state index contributed by atoms with van der Waals surface area (Å²) in [5, 5.41) is 12.6. The van der Waals surface area contributed by atoms with Crippen LogP contribution >= 0.6 is 0 Å². The monoisotopic (exact) mass is 421 g/mol. The van der Waals surface area contributed by atoms with Crippen LogP contribution in [0.1, 0.15) is 17.3 Å². The number of nitrogens with one attached hydrogen (secondary N) is 1. The van der Waals surface area contributed by atoms with E-state index in [1.165, 1.54) is 25.1 Å². The maximum atomic E-state index is 12.6. The number of nitrogens with zero attached hydrogens (tertiary/aromatic N) is 2. The molecule has 8 heteroatoms. The molecule has 0 unspecified atom stereocenters. The Morgan fingerprint density at radius 3 is 2.53 bits per heavy atom. The molecule has 0 aliphatic heterocycles. The van der Waals surface area contributed by atoms with Crippen LogP contribution in [-0.2, 0) is 9.84 Å². The molecule has 1 aromatic heterocycles. The first-order chi connectivity index (χ1) is 14.4. The van der Waals surface area contributed by atoms with Crippen LogP contribution in [0.2, 0.25) is 0 Å². The van der Waals surface area contributed by atoms with Crippen LogP contribution < -0.4 is 5.32 Å². The van der Waals surface area contributed by atoms with E-state index in [1.54, 1.807) is 30.6 Å². The molecule has 4 rings (SSSR count). The molecule has 0 atom stereocenters. The highest BCUT2D eigenvalue weighted by Crippen LogP contribution is 2.27. The maximum absolute atomic E-state index is 12.6. The van der Waals surface area contributed by atoms with Crippen molar-refractivity contribution < 1.29 is 18.3 Å². The zero-order valence-electron chi connectivity index (χ0n) is 16.1. The molecule has 2 N–H and O–H groups in total. The van der Waals surface area contributed by atoms with Gasteiger partial charge in [0.25, 0.3) is 5.91 Å². The summed E-state index contributed by atoms with van der Waals surface area (Å²) in [7, 11) is -3.46. The van der Waals surface area contributed by atoms with Crippen molar-refractivity contribution in [2.75, 3.05) is 11.1 Å². The van der Waals surface area contributed by atoms with Crippen LogP contribution in [-0.4, -0.2) is 34.7 Å². The van der Waals surface area contributed by atoms with Gasteiger partial charge in [0.2, 0.25) is 0 Å². The van der Waals surface area contributed by atoms with Crippen LogP contribution in [0, 0.1) is 0 Å². The van der Waals surface area contributed by atoms with E-state index in [1.807, 2.05) is 28.8 Å². The maximum Gasteiger partial charge on any atom is 0.255 e. The number of phenolic OH excluding ortho intramolecular Hbond substituents is 1. The Morgan fingerprint density at radius 2 is 1.80 bits per heavy atom. The van der Waals surface area contributed by atoms with Gasteiger partial charge in [0.05, 0.1) is 27.4 Å². The van der Waals surface area contributed by atoms with Gasteiger partial charge in [-0.3, -0.25) is 9.36 Å². The lowest BCUT2D eigenvalue weighted by molar-refractivity contribution is 0.102. The molecule has 1 amide bonds. The fourth-order valence-electron chi connectivity index (χ4n) is 3.11. The van der Waals surface area contributed by atoms with E-state index < -0.39 is 15.7 Å². The molecule has 0 aliphatic rings. The standard InChI is InChI=1S/C22H19N3O4S/c1-2-30(28,29)17-11-12-21(26)19(13-17)24-22(27)15-7-9-16(10-8-15)25-14-23-18-5-3-4-6-20(18)25/h3-14,26H,2H2,1H3,(H,24,27).